The quantitative estimate of drug-likeness (QED) is 0.648. The van der Waals surface area contributed by atoms with Crippen LogP contribution in [-0.2, 0) is 10.2 Å². The summed E-state index contributed by atoms with van der Waals surface area (Å²) < 4.78 is 19.9. The molecule has 0 saturated carbocycles. The summed E-state index contributed by atoms with van der Waals surface area (Å²) in [5, 5.41) is 8.56. The van der Waals surface area contributed by atoms with Gasteiger partial charge in [0.25, 0.3) is 0 Å². The molecule has 1 saturated heterocycles. The highest BCUT2D eigenvalue weighted by Crippen LogP contribution is 2.38. The molecule has 1 fully saturated rings. The SMILES string of the molecule is [B]c1[nH]nc2c(C(C)OCC3(c4ccc(F)cc4)CCN(C)CC3)cc(Cl)cc12. The largest absolute Gasteiger partial charge is 0.373 e. The molecule has 0 bridgehead atoms. The van der Waals surface area contributed by atoms with Gasteiger partial charge in [-0.25, -0.2) is 4.39 Å². The van der Waals surface area contributed by atoms with Crippen molar-refractivity contribution in [2.24, 2.45) is 0 Å². The van der Waals surface area contributed by atoms with Crippen LogP contribution in [0.5, 0.6) is 0 Å². The molecule has 1 aliphatic rings. The van der Waals surface area contributed by atoms with Crippen molar-refractivity contribution in [2.75, 3.05) is 26.7 Å². The molecular weight excluding hydrogens is 388 g/mol. The number of H-pyrrole nitrogens is 1. The molecule has 4 nitrogen and oxygen atoms in total. The minimum absolute atomic E-state index is 0.142. The minimum atomic E-state index is -0.219. The Balaban J connectivity index is 1.60. The van der Waals surface area contributed by atoms with Gasteiger partial charge in [0.05, 0.1) is 18.2 Å². The lowest BCUT2D eigenvalue weighted by Crippen LogP contribution is -2.44. The van der Waals surface area contributed by atoms with Crippen LogP contribution in [0.2, 0.25) is 5.02 Å². The van der Waals surface area contributed by atoms with Gasteiger partial charge in [-0.3, -0.25) is 5.10 Å². The van der Waals surface area contributed by atoms with E-state index in [9.17, 15) is 4.39 Å². The summed E-state index contributed by atoms with van der Waals surface area (Å²) in [6.07, 6.45) is 1.71. The lowest BCUT2D eigenvalue weighted by atomic mass is 9.73. The fourth-order valence-corrected chi connectivity index (χ4v) is 4.40. The van der Waals surface area contributed by atoms with Crippen molar-refractivity contribution in [2.45, 2.75) is 31.3 Å². The van der Waals surface area contributed by atoms with Crippen LogP contribution < -0.4 is 5.59 Å². The summed E-state index contributed by atoms with van der Waals surface area (Å²) in [5.74, 6) is -0.219. The Hall–Kier alpha value is -1.89. The molecule has 0 amide bonds. The standard InChI is InChI=1S/C22H24BClFN3O/c1-14(18-11-16(24)12-19-20(18)26-27-21(19)23)29-13-22(7-9-28(2)10-8-22)15-3-5-17(25)6-4-15/h3-6,11-12,14H,7-10,13H2,1-2H3,(H,26,27). The van der Waals surface area contributed by atoms with Gasteiger partial charge in [-0.2, -0.15) is 5.10 Å². The molecule has 29 heavy (non-hydrogen) atoms. The molecule has 1 aromatic heterocycles. The Bertz CT molecular complexity index is 999. The maximum Gasteiger partial charge on any atom is 0.141 e. The van der Waals surface area contributed by atoms with Crippen LogP contribution in [0.15, 0.2) is 36.4 Å². The number of hydrogen-bond donors (Lipinski definition) is 1. The van der Waals surface area contributed by atoms with Crippen molar-refractivity contribution in [3.05, 3.63) is 58.4 Å². The number of nitrogens with zero attached hydrogens (tertiary/aromatic N) is 2. The Kier molecular flexibility index (Phi) is 5.69. The van der Waals surface area contributed by atoms with Gasteiger partial charge in [0.1, 0.15) is 13.7 Å². The first kappa shape index (κ1) is 20.4. The van der Waals surface area contributed by atoms with Gasteiger partial charge in [0.15, 0.2) is 0 Å². The highest BCUT2D eigenvalue weighted by Gasteiger charge is 2.36. The number of fused-ring (bicyclic) bond motifs is 1. The molecule has 1 N–H and O–H groups in total. The molecule has 0 aliphatic carbocycles. The maximum absolute atomic E-state index is 13.5. The number of halogens is 2. The molecule has 4 rings (SSSR count). The first-order valence-corrected chi connectivity index (χ1v) is 10.2. The molecule has 7 heteroatoms. The third-order valence-electron chi connectivity index (χ3n) is 6.13. The summed E-state index contributed by atoms with van der Waals surface area (Å²) >= 11 is 6.31. The molecule has 1 unspecified atom stereocenters. The van der Waals surface area contributed by atoms with Gasteiger partial charge in [-0.05, 0) is 75.3 Å². The third kappa shape index (κ3) is 4.07. The van der Waals surface area contributed by atoms with Gasteiger partial charge in [-0.15, -0.1) is 0 Å². The molecule has 2 aromatic carbocycles. The fourth-order valence-electron chi connectivity index (χ4n) is 4.18. The van der Waals surface area contributed by atoms with Crippen molar-refractivity contribution in [1.29, 1.82) is 0 Å². The maximum atomic E-state index is 13.5. The predicted molar refractivity (Wildman–Crippen MR) is 116 cm³/mol. The molecule has 0 spiro atoms. The Labute approximate surface area is 176 Å². The van der Waals surface area contributed by atoms with Crippen molar-refractivity contribution in [3.63, 3.8) is 0 Å². The highest BCUT2D eigenvalue weighted by molar-refractivity contribution is 6.38. The van der Waals surface area contributed by atoms with Crippen molar-refractivity contribution in [1.82, 2.24) is 15.1 Å². The smallest absolute Gasteiger partial charge is 0.141 e. The van der Waals surface area contributed by atoms with Crippen LogP contribution in [0.3, 0.4) is 0 Å². The predicted octanol–water partition coefficient (Wildman–Crippen LogP) is 3.89. The average molecular weight is 412 g/mol. The second-order valence-corrected chi connectivity index (χ2v) is 8.51. The number of benzene rings is 2. The molecule has 1 atom stereocenters. The second-order valence-electron chi connectivity index (χ2n) is 8.07. The first-order valence-electron chi connectivity index (χ1n) is 9.87. The number of hydrogen-bond acceptors (Lipinski definition) is 3. The number of likely N-dealkylation sites (tertiary alicyclic amines) is 1. The van der Waals surface area contributed by atoms with E-state index in [1.807, 2.05) is 31.2 Å². The van der Waals surface area contributed by atoms with Crippen molar-refractivity contribution in [3.8, 4) is 0 Å². The van der Waals surface area contributed by atoms with Gasteiger partial charge in [-0.1, -0.05) is 23.7 Å². The lowest BCUT2D eigenvalue weighted by molar-refractivity contribution is 0.00696. The summed E-state index contributed by atoms with van der Waals surface area (Å²) in [6, 6.07) is 10.5. The topological polar surface area (TPSA) is 41.1 Å². The van der Waals surface area contributed by atoms with Crippen LogP contribution in [0.1, 0.15) is 37.0 Å². The monoisotopic (exact) mass is 411 g/mol. The minimum Gasteiger partial charge on any atom is -0.373 e. The van der Waals surface area contributed by atoms with E-state index in [2.05, 4.69) is 22.1 Å². The van der Waals surface area contributed by atoms with Gasteiger partial charge < -0.3 is 9.64 Å². The van der Waals surface area contributed by atoms with Crippen LogP contribution in [0.25, 0.3) is 10.9 Å². The number of aromatic amines is 1. The van der Waals surface area contributed by atoms with Crippen molar-refractivity contribution < 1.29 is 9.13 Å². The zero-order valence-corrected chi connectivity index (χ0v) is 17.5. The molecule has 2 radical (unpaired) electrons. The van der Waals surface area contributed by atoms with E-state index in [-0.39, 0.29) is 17.3 Å². The normalized spacial score (nSPS) is 18.2. The zero-order valence-electron chi connectivity index (χ0n) is 16.7. The second kappa shape index (κ2) is 8.09. The Morgan fingerprint density at radius 2 is 1.97 bits per heavy atom. The third-order valence-corrected chi connectivity index (χ3v) is 6.35. The van der Waals surface area contributed by atoms with E-state index in [4.69, 9.17) is 24.2 Å². The summed E-state index contributed by atoms with van der Waals surface area (Å²) in [6.45, 7) is 4.50. The van der Waals surface area contributed by atoms with Crippen LogP contribution >= 0.6 is 11.6 Å². The number of aromatic nitrogens is 2. The Morgan fingerprint density at radius 3 is 2.66 bits per heavy atom. The van der Waals surface area contributed by atoms with E-state index in [1.54, 1.807) is 0 Å². The molecule has 1 aliphatic heterocycles. The van der Waals surface area contributed by atoms with E-state index >= 15 is 0 Å². The lowest BCUT2D eigenvalue weighted by Gasteiger charge is -2.41. The fraction of sp³-hybridized carbons (Fsp3) is 0.409. The number of rotatable bonds is 5. The summed E-state index contributed by atoms with van der Waals surface area (Å²) in [7, 11) is 8.10. The van der Waals surface area contributed by atoms with Gasteiger partial charge in [0, 0.05) is 21.4 Å². The van der Waals surface area contributed by atoms with Gasteiger partial charge >= 0.3 is 0 Å². The number of ether oxygens (including phenoxy) is 1. The van der Waals surface area contributed by atoms with Crippen LogP contribution in [0.4, 0.5) is 4.39 Å². The van der Waals surface area contributed by atoms with Gasteiger partial charge in [0.2, 0.25) is 0 Å². The summed E-state index contributed by atoms with van der Waals surface area (Å²) in [4.78, 5) is 2.32. The zero-order chi connectivity index (χ0) is 20.6. The van der Waals surface area contributed by atoms with Crippen molar-refractivity contribution >= 4 is 35.9 Å². The summed E-state index contributed by atoms with van der Waals surface area (Å²) in [5.41, 5.74) is 3.16. The first-order chi connectivity index (χ1) is 13.9. The van der Waals surface area contributed by atoms with E-state index < -0.39 is 0 Å². The molecule has 2 heterocycles. The number of piperidine rings is 1. The number of nitrogens with one attached hydrogen (secondary N) is 1. The average Bonchev–Trinajstić information content (AvgIpc) is 3.08. The molecule has 3 aromatic rings. The van der Waals surface area contributed by atoms with E-state index in [0.717, 1.165) is 48.0 Å². The van der Waals surface area contributed by atoms with E-state index in [1.165, 1.54) is 12.1 Å². The highest BCUT2D eigenvalue weighted by atomic mass is 35.5. The molecule has 150 valence electrons. The molecular formula is C22H24BClFN3O. The van der Waals surface area contributed by atoms with Crippen LogP contribution in [-0.4, -0.2) is 49.7 Å². The van der Waals surface area contributed by atoms with E-state index in [0.29, 0.717) is 17.2 Å². The Morgan fingerprint density at radius 1 is 1.28 bits per heavy atom. The van der Waals surface area contributed by atoms with Crippen LogP contribution in [0, 0.1) is 5.82 Å².